The number of pyridine rings is 1. The Morgan fingerprint density at radius 1 is 1.14 bits per heavy atom. The van der Waals surface area contributed by atoms with Crippen molar-refractivity contribution in [1.29, 1.82) is 5.26 Å². The summed E-state index contributed by atoms with van der Waals surface area (Å²) in [5, 5.41) is 11.6. The fraction of sp³-hybridized carbons (Fsp3) is 0.235. The molecule has 1 aromatic heterocycles. The van der Waals surface area contributed by atoms with Gasteiger partial charge >= 0.3 is 0 Å². The highest BCUT2D eigenvalue weighted by Gasteiger charge is 2.23. The van der Waals surface area contributed by atoms with Crippen LogP contribution < -0.4 is 10.7 Å². The van der Waals surface area contributed by atoms with E-state index in [1.165, 1.54) is 12.1 Å². The summed E-state index contributed by atoms with van der Waals surface area (Å²) in [5.74, 6) is -0.107. The first kappa shape index (κ1) is 15.5. The van der Waals surface area contributed by atoms with Crippen LogP contribution in [0.1, 0.15) is 25.5 Å². The summed E-state index contributed by atoms with van der Waals surface area (Å²) in [6.45, 7) is 3.89. The molecular formula is C17H17N3O2. The summed E-state index contributed by atoms with van der Waals surface area (Å²) >= 11 is 0. The molecule has 0 spiro atoms. The Bertz CT molecular complexity index is 734. The summed E-state index contributed by atoms with van der Waals surface area (Å²) in [5.41, 5.74) is 1.08. The zero-order chi connectivity index (χ0) is 16.1. The number of nitrogens with one attached hydrogen (secondary N) is 1. The molecule has 2 aromatic rings. The second-order valence-corrected chi connectivity index (χ2v) is 5.35. The van der Waals surface area contributed by atoms with Gasteiger partial charge in [-0.3, -0.25) is 9.59 Å². The highest BCUT2D eigenvalue weighted by atomic mass is 16.2. The van der Waals surface area contributed by atoms with E-state index in [2.05, 4.69) is 5.32 Å². The fourth-order valence-electron chi connectivity index (χ4n) is 2.24. The van der Waals surface area contributed by atoms with Gasteiger partial charge in [0.15, 0.2) is 5.43 Å². The fourth-order valence-corrected chi connectivity index (χ4v) is 2.24. The molecule has 1 heterocycles. The van der Waals surface area contributed by atoms with Crippen LogP contribution >= 0.6 is 0 Å². The summed E-state index contributed by atoms with van der Waals surface area (Å²) in [6.07, 6.45) is 3.23. The Kier molecular flexibility index (Phi) is 4.74. The minimum Gasteiger partial charge on any atom is -0.341 e. The van der Waals surface area contributed by atoms with E-state index in [9.17, 15) is 9.59 Å². The van der Waals surface area contributed by atoms with E-state index in [-0.39, 0.29) is 17.3 Å². The van der Waals surface area contributed by atoms with Crippen molar-refractivity contribution in [2.45, 2.75) is 19.9 Å². The molecule has 0 aliphatic carbocycles. The van der Waals surface area contributed by atoms with Crippen molar-refractivity contribution in [2.24, 2.45) is 5.92 Å². The second-order valence-electron chi connectivity index (χ2n) is 5.35. The number of carbonyl (C=O) groups is 1. The monoisotopic (exact) mass is 295 g/mol. The van der Waals surface area contributed by atoms with Gasteiger partial charge in [0.05, 0.1) is 11.6 Å². The van der Waals surface area contributed by atoms with E-state index >= 15 is 0 Å². The first-order chi connectivity index (χ1) is 10.5. The number of amides is 1. The van der Waals surface area contributed by atoms with Crippen LogP contribution in [0.15, 0.2) is 53.6 Å². The van der Waals surface area contributed by atoms with Crippen molar-refractivity contribution in [3.8, 4) is 6.07 Å². The number of anilines is 1. The lowest BCUT2D eigenvalue weighted by Gasteiger charge is -2.23. The van der Waals surface area contributed by atoms with Gasteiger partial charge in [0.1, 0.15) is 6.04 Å². The number of nitrogens with zero attached hydrogens (tertiary/aromatic N) is 2. The van der Waals surface area contributed by atoms with Crippen LogP contribution in [-0.4, -0.2) is 10.5 Å². The number of rotatable bonds is 4. The number of hydrogen-bond acceptors (Lipinski definition) is 3. The molecule has 1 N–H and O–H groups in total. The summed E-state index contributed by atoms with van der Waals surface area (Å²) in [6, 6.07) is 11.2. The maximum Gasteiger partial charge on any atom is 0.247 e. The quantitative estimate of drug-likeness (QED) is 0.942. The van der Waals surface area contributed by atoms with Crippen LogP contribution in [0.25, 0.3) is 0 Å². The predicted molar refractivity (Wildman–Crippen MR) is 84.4 cm³/mol. The van der Waals surface area contributed by atoms with Crippen LogP contribution in [0.4, 0.5) is 5.69 Å². The van der Waals surface area contributed by atoms with E-state index in [1.54, 1.807) is 41.2 Å². The Balaban J connectivity index is 2.21. The molecule has 112 valence electrons. The van der Waals surface area contributed by atoms with Crippen LogP contribution in [0.3, 0.4) is 0 Å². The van der Waals surface area contributed by atoms with Gasteiger partial charge < -0.3 is 9.88 Å². The topological polar surface area (TPSA) is 74.9 Å². The molecule has 0 saturated heterocycles. The summed E-state index contributed by atoms with van der Waals surface area (Å²) in [7, 11) is 0. The molecule has 0 aliphatic rings. The number of hydrogen-bond donors (Lipinski definition) is 1. The third-order valence-corrected chi connectivity index (χ3v) is 3.32. The van der Waals surface area contributed by atoms with E-state index in [0.717, 1.165) is 0 Å². The van der Waals surface area contributed by atoms with Crippen molar-refractivity contribution in [1.82, 2.24) is 4.57 Å². The largest absolute Gasteiger partial charge is 0.341 e. The van der Waals surface area contributed by atoms with Gasteiger partial charge in [-0.05, 0) is 30.2 Å². The van der Waals surface area contributed by atoms with Crippen molar-refractivity contribution < 1.29 is 4.79 Å². The molecule has 1 atom stereocenters. The molecule has 0 radical (unpaired) electrons. The molecule has 0 saturated carbocycles. The van der Waals surface area contributed by atoms with Crippen molar-refractivity contribution in [3.05, 3.63) is 64.6 Å². The molecule has 0 aliphatic heterocycles. The van der Waals surface area contributed by atoms with Gasteiger partial charge in [-0.25, -0.2) is 0 Å². The zero-order valence-corrected chi connectivity index (χ0v) is 12.5. The number of benzene rings is 1. The van der Waals surface area contributed by atoms with Gasteiger partial charge in [-0.1, -0.05) is 13.8 Å². The minimum absolute atomic E-state index is 0.0564. The SMILES string of the molecule is CC(C)C(C(=O)Nc1ccc(C#N)cc1)n1ccc(=O)cc1. The highest BCUT2D eigenvalue weighted by molar-refractivity contribution is 5.93. The molecule has 0 fully saturated rings. The molecule has 0 bridgehead atoms. The van der Waals surface area contributed by atoms with Crippen molar-refractivity contribution in [3.63, 3.8) is 0 Å². The Hall–Kier alpha value is -2.87. The first-order valence-electron chi connectivity index (χ1n) is 7.00. The van der Waals surface area contributed by atoms with Gasteiger partial charge in [0.2, 0.25) is 5.91 Å². The third-order valence-electron chi connectivity index (χ3n) is 3.32. The normalized spacial score (nSPS) is 11.7. The molecule has 5 nitrogen and oxygen atoms in total. The van der Waals surface area contributed by atoms with E-state index in [0.29, 0.717) is 11.3 Å². The molecule has 2 rings (SSSR count). The molecular weight excluding hydrogens is 278 g/mol. The molecule has 1 aromatic carbocycles. The van der Waals surface area contributed by atoms with Crippen LogP contribution in [-0.2, 0) is 4.79 Å². The van der Waals surface area contributed by atoms with E-state index in [4.69, 9.17) is 5.26 Å². The number of nitriles is 1. The lowest BCUT2D eigenvalue weighted by Crippen LogP contribution is -2.30. The molecule has 1 amide bonds. The molecule has 1 unspecified atom stereocenters. The Labute approximate surface area is 128 Å². The zero-order valence-electron chi connectivity index (χ0n) is 12.5. The lowest BCUT2D eigenvalue weighted by atomic mass is 10.0. The van der Waals surface area contributed by atoms with Crippen LogP contribution in [0.2, 0.25) is 0 Å². The average Bonchev–Trinajstić information content (AvgIpc) is 2.50. The van der Waals surface area contributed by atoms with Crippen molar-refractivity contribution >= 4 is 11.6 Å². The average molecular weight is 295 g/mol. The third kappa shape index (κ3) is 3.61. The Morgan fingerprint density at radius 3 is 2.23 bits per heavy atom. The predicted octanol–water partition coefficient (Wildman–Crippen LogP) is 2.56. The van der Waals surface area contributed by atoms with E-state index in [1.807, 2.05) is 19.9 Å². The summed E-state index contributed by atoms with van der Waals surface area (Å²) in [4.78, 5) is 23.7. The minimum atomic E-state index is -0.420. The second kappa shape index (κ2) is 6.72. The maximum atomic E-state index is 12.5. The van der Waals surface area contributed by atoms with Crippen LogP contribution in [0, 0.1) is 17.2 Å². The standard InChI is InChI=1S/C17H17N3O2/c1-12(2)16(20-9-7-15(21)8-10-20)17(22)19-14-5-3-13(11-18)4-6-14/h3-10,12,16H,1-2H3,(H,19,22). The molecule has 22 heavy (non-hydrogen) atoms. The lowest BCUT2D eigenvalue weighted by molar-refractivity contribution is -0.120. The van der Waals surface area contributed by atoms with Gasteiger partial charge in [-0.15, -0.1) is 0 Å². The van der Waals surface area contributed by atoms with E-state index < -0.39 is 6.04 Å². The highest BCUT2D eigenvalue weighted by Crippen LogP contribution is 2.20. The van der Waals surface area contributed by atoms with Gasteiger partial charge in [-0.2, -0.15) is 5.26 Å². The molecule has 5 heteroatoms. The Morgan fingerprint density at radius 2 is 1.73 bits per heavy atom. The maximum absolute atomic E-state index is 12.5. The number of carbonyl (C=O) groups excluding carboxylic acids is 1. The summed E-state index contributed by atoms with van der Waals surface area (Å²) < 4.78 is 1.73. The smallest absolute Gasteiger partial charge is 0.247 e. The van der Waals surface area contributed by atoms with Gasteiger partial charge in [0.25, 0.3) is 0 Å². The van der Waals surface area contributed by atoms with Gasteiger partial charge in [0, 0.05) is 30.2 Å². The first-order valence-corrected chi connectivity index (χ1v) is 7.00. The van der Waals surface area contributed by atoms with Crippen LogP contribution in [0.5, 0.6) is 0 Å². The van der Waals surface area contributed by atoms with Crippen molar-refractivity contribution in [2.75, 3.05) is 5.32 Å². The number of aromatic nitrogens is 1.